The number of hydrogen-bond acceptors (Lipinski definition) is 5. The molecule has 1 atom stereocenters. The van der Waals surface area contributed by atoms with Crippen LogP contribution in [0.15, 0.2) is 54.7 Å². The van der Waals surface area contributed by atoms with Crippen molar-refractivity contribution in [1.29, 1.82) is 0 Å². The van der Waals surface area contributed by atoms with Crippen LogP contribution in [0.3, 0.4) is 0 Å². The van der Waals surface area contributed by atoms with E-state index in [0.29, 0.717) is 28.7 Å². The van der Waals surface area contributed by atoms with Gasteiger partial charge in [-0.1, -0.05) is 53.5 Å². The summed E-state index contributed by atoms with van der Waals surface area (Å²) in [5, 5.41) is 6.53. The molecule has 3 aromatic rings. The molecule has 0 radical (unpaired) electrons. The molecule has 0 aliphatic carbocycles. The molecule has 32 heavy (non-hydrogen) atoms. The number of nitrogens with zero attached hydrogens (tertiary/aromatic N) is 3. The quantitative estimate of drug-likeness (QED) is 0.436. The molecular formula is C22H20Cl2F3N5. The summed E-state index contributed by atoms with van der Waals surface area (Å²) in [4.78, 5) is 10.1. The molecule has 1 aliphatic rings. The molecule has 10 heteroatoms. The monoisotopic (exact) mass is 481 g/mol. The highest BCUT2D eigenvalue weighted by Crippen LogP contribution is 2.35. The standard InChI is InChI=1S/C22H20Cl2F3N5/c23-18-7-6-15(10-19(18)24)30-21-28-11-17(22(25,26)27)20(31-21)29-16-8-9-32(13-16)12-14-4-2-1-3-5-14/h1-7,10-11,16H,8-9,12-13H2,(H2,28,29,30,31). The Labute approximate surface area is 193 Å². The first-order valence-electron chi connectivity index (χ1n) is 9.97. The summed E-state index contributed by atoms with van der Waals surface area (Å²) in [6.45, 7) is 2.15. The Balaban J connectivity index is 1.49. The summed E-state index contributed by atoms with van der Waals surface area (Å²) in [7, 11) is 0. The molecule has 1 unspecified atom stereocenters. The SMILES string of the molecule is FC(F)(F)c1cnc(Nc2ccc(Cl)c(Cl)c2)nc1NC1CCN(Cc2ccccc2)C1. The molecule has 168 valence electrons. The smallest absolute Gasteiger partial charge is 0.365 e. The maximum atomic E-state index is 13.6. The van der Waals surface area contributed by atoms with Crippen LogP contribution in [0.25, 0.3) is 0 Å². The van der Waals surface area contributed by atoms with Gasteiger partial charge in [-0.2, -0.15) is 18.2 Å². The van der Waals surface area contributed by atoms with Gasteiger partial charge in [0.2, 0.25) is 5.95 Å². The van der Waals surface area contributed by atoms with E-state index >= 15 is 0 Å². The Morgan fingerprint density at radius 3 is 2.56 bits per heavy atom. The molecule has 2 heterocycles. The van der Waals surface area contributed by atoms with E-state index in [0.717, 1.165) is 19.3 Å². The van der Waals surface area contributed by atoms with Crippen LogP contribution in [-0.2, 0) is 12.7 Å². The molecular weight excluding hydrogens is 462 g/mol. The predicted molar refractivity (Wildman–Crippen MR) is 121 cm³/mol. The predicted octanol–water partition coefficient (Wildman–Crippen LogP) is 6.23. The van der Waals surface area contributed by atoms with E-state index in [1.54, 1.807) is 18.2 Å². The van der Waals surface area contributed by atoms with Gasteiger partial charge >= 0.3 is 6.18 Å². The first kappa shape index (κ1) is 22.6. The molecule has 0 amide bonds. The van der Waals surface area contributed by atoms with Crippen LogP contribution in [0.2, 0.25) is 10.0 Å². The molecule has 4 rings (SSSR count). The Kier molecular flexibility index (Phi) is 6.74. The number of aromatic nitrogens is 2. The zero-order valence-electron chi connectivity index (χ0n) is 16.8. The van der Waals surface area contributed by atoms with E-state index in [9.17, 15) is 13.2 Å². The molecule has 2 N–H and O–H groups in total. The van der Waals surface area contributed by atoms with Crippen LogP contribution < -0.4 is 10.6 Å². The van der Waals surface area contributed by atoms with E-state index in [-0.39, 0.29) is 17.8 Å². The number of rotatable bonds is 6. The van der Waals surface area contributed by atoms with Gasteiger partial charge in [-0.3, -0.25) is 4.90 Å². The minimum Gasteiger partial charge on any atom is -0.365 e. The van der Waals surface area contributed by atoms with Crippen molar-refractivity contribution in [3.63, 3.8) is 0 Å². The fraction of sp³-hybridized carbons (Fsp3) is 0.273. The highest BCUT2D eigenvalue weighted by Gasteiger charge is 2.36. The lowest BCUT2D eigenvalue weighted by Crippen LogP contribution is -2.27. The van der Waals surface area contributed by atoms with E-state index < -0.39 is 11.7 Å². The van der Waals surface area contributed by atoms with Crippen molar-refractivity contribution in [3.05, 3.63) is 75.9 Å². The van der Waals surface area contributed by atoms with Crippen LogP contribution in [0.1, 0.15) is 17.5 Å². The average molecular weight is 482 g/mol. The maximum absolute atomic E-state index is 13.6. The average Bonchev–Trinajstić information content (AvgIpc) is 3.17. The van der Waals surface area contributed by atoms with Gasteiger partial charge in [0, 0.05) is 37.6 Å². The number of likely N-dealkylation sites (tertiary alicyclic amines) is 1. The number of halogens is 5. The molecule has 0 bridgehead atoms. The Morgan fingerprint density at radius 2 is 1.84 bits per heavy atom. The van der Waals surface area contributed by atoms with Crippen LogP contribution in [-0.4, -0.2) is 34.0 Å². The zero-order chi connectivity index (χ0) is 22.7. The highest BCUT2D eigenvalue weighted by molar-refractivity contribution is 6.42. The van der Waals surface area contributed by atoms with Gasteiger partial charge in [-0.15, -0.1) is 0 Å². The lowest BCUT2D eigenvalue weighted by molar-refractivity contribution is -0.137. The van der Waals surface area contributed by atoms with Gasteiger partial charge < -0.3 is 10.6 Å². The zero-order valence-corrected chi connectivity index (χ0v) is 18.3. The number of anilines is 3. The topological polar surface area (TPSA) is 53.1 Å². The summed E-state index contributed by atoms with van der Waals surface area (Å²) in [6.07, 6.45) is -3.08. The van der Waals surface area contributed by atoms with Crippen molar-refractivity contribution in [3.8, 4) is 0 Å². The minimum atomic E-state index is -4.58. The van der Waals surface area contributed by atoms with Gasteiger partial charge in [0.15, 0.2) is 0 Å². The molecule has 5 nitrogen and oxygen atoms in total. The van der Waals surface area contributed by atoms with Crippen molar-refractivity contribution in [2.75, 3.05) is 23.7 Å². The van der Waals surface area contributed by atoms with Crippen molar-refractivity contribution in [1.82, 2.24) is 14.9 Å². The van der Waals surface area contributed by atoms with Gasteiger partial charge in [0.1, 0.15) is 11.4 Å². The summed E-state index contributed by atoms with van der Waals surface area (Å²) < 4.78 is 40.7. The second kappa shape index (κ2) is 9.52. The molecule has 1 aromatic heterocycles. The molecule has 0 spiro atoms. The minimum absolute atomic E-state index is 0.0260. The van der Waals surface area contributed by atoms with Crippen molar-refractivity contribution in [2.24, 2.45) is 0 Å². The van der Waals surface area contributed by atoms with E-state index in [2.05, 4.69) is 25.5 Å². The summed E-state index contributed by atoms with van der Waals surface area (Å²) in [5.74, 6) is -0.223. The number of nitrogens with one attached hydrogen (secondary N) is 2. The Morgan fingerprint density at radius 1 is 1.06 bits per heavy atom. The Hall–Kier alpha value is -2.55. The fourth-order valence-corrected chi connectivity index (χ4v) is 3.89. The van der Waals surface area contributed by atoms with Crippen molar-refractivity contribution < 1.29 is 13.2 Å². The molecule has 2 aromatic carbocycles. The highest BCUT2D eigenvalue weighted by atomic mass is 35.5. The lowest BCUT2D eigenvalue weighted by atomic mass is 10.2. The van der Waals surface area contributed by atoms with Crippen molar-refractivity contribution in [2.45, 2.75) is 25.2 Å². The first-order chi connectivity index (χ1) is 15.3. The second-order valence-electron chi connectivity index (χ2n) is 7.56. The molecule has 1 fully saturated rings. The lowest BCUT2D eigenvalue weighted by Gasteiger charge is -2.20. The van der Waals surface area contributed by atoms with Gasteiger partial charge in [-0.25, -0.2) is 4.98 Å². The number of alkyl halides is 3. The van der Waals surface area contributed by atoms with Crippen LogP contribution in [0, 0.1) is 0 Å². The molecule has 1 aliphatic heterocycles. The van der Waals surface area contributed by atoms with E-state index in [1.165, 1.54) is 5.56 Å². The van der Waals surface area contributed by atoms with E-state index in [1.807, 2.05) is 30.3 Å². The van der Waals surface area contributed by atoms with Gasteiger partial charge in [0.05, 0.1) is 10.0 Å². The van der Waals surface area contributed by atoms with Crippen molar-refractivity contribution >= 4 is 40.7 Å². The molecule has 1 saturated heterocycles. The summed E-state index contributed by atoms with van der Waals surface area (Å²) in [6, 6.07) is 14.6. The fourth-order valence-electron chi connectivity index (χ4n) is 3.59. The first-order valence-corrected chi connectivity index (χ1v) is 10.7. The van der Waals surface area contributed by atoms with Gasteiger partial charge in [-0.05, 0) is 30.2 Å². The van der Waals surface area contributed by atoms with E-state index in [4.69, 9.17) is 23.2 Å². The summed E-state index contributed by atoms with van der Waals surface area (Å²) in [5.41, 5.74) is 0.776. The Bertz CT molecular complexity index is 1080. The summed E-state index contributed by atoms with van der Waals surface area (Å²) >= 11 is 11.9. The normalized spacial score (nSPS) is 16.8. The maximum Gasteiger partial charge on any atom is 0.421 e. The third-order valence-corrected chi connectivity index (χ3v) is 5.87. The third kappa shape index (κ3) is 5.62. The van der Waals surface area contributed by atoms with Crippen LogP contribution in [0.4, 0.5) is 30.6 Å². The van der Waals surface area contributed by atoms with Crippen LogP contribution in [0.5, 0.6) is 0 Å². The largest absolute Gasteiger partial charge is 0.421 e. The molecule has 0 saturated carbocycles. The van der Waals surface area contributed by atoms with Crippen LogP contribution >= 0.6 is 23.2 Å². The number of hydrogen-bond donors (Lipinski definition) is 2. The number of benzene rings is 2. The second-order valence-corrected chi connectivity index (χ2v) is 8.37. The van der Waals surface area contributed by atoms with Gasteiger partial charge in [0.25, 0.3) is 0 Å². The third-order valence-electron chi connectivity index (χ3n) is 5.13.